The average molecular weight is 292 g/mol. The molecule has 0 aromatic carbocycles. The number of ether oxygens (including phenoxy) is 1. The summed E-state index contributed by atoms with van der Waals surface area (Å²) in [7, 11) is 0. The Balaban J connectivity index is 1.77. The number of rotatable bonds is 6. The molecule has 1 saturated heterocycles. The van der Waals surface area contributed by atoms with E-state index in [1.54, 1.807) is 6.07 Å². The molecule has 6 nitrogen and oxygen atoms in total. The molecule has 1 aliphatic carbocycles. The number of aromatic nitrogens is 2. The zero-order chi connectivity index (χ0) is 14.7. The maximum Gasteiger partial charge on any atom is 0.252 e. The van der Waals surface area contributed by atoms with Crippen LogP contribution in [0.3, 0.4) is 0 Å². The molecular formula is C15H24N4O2. The molecule has 2 aliphatic rings. The largest absolute Gasteiger partial charge is 0.377 e. The summed E-state index contributed by atoms with van der Waals surface area (Å²) in [5.74, 6) is 2.10. The normalized spacial score (nSPS) is 22.5. The Hall–Kier alpha value is -1.40. The molecule has 1 unspecified atom stereocenters. The van der Waals surface area contributed by atoms with E-state index in [2.05, 4.69) is 27.1 Å². The maximum absolute atomic E-state index is 11.9. The molecule has 6 heteroatoms. The lowest BCUT2D eigenvalue weighted by molar-refractivity contribution is 0.0933. The lowest BCUT2D eigenvalue weighted by Crippen LogP contribution is -2.51. The molecule has 1 aliphatic heterocycles. The fraction of sp³-hybridized carbons (Fsp3) is 0.733. The molecule has 2 heterocycles. The van der Waals surface area contributed by atoms with Crippen LogP contribution in [0, 0.1) is 0 Å². The first-order valence-corrected chi connectivity index (χ1v) is 7.94. The lowest BCUT2D eigenvalue weighted by Gasteiger charge is -2.36. The molecule has 1 aromatic rings. The van der Waals surface area contributed by atoms with Crippen LogP contribution in [-0.4, -0.2) is 48.9 Å². The van der Waals surface area contributed by atoms with Gasteiger partial charge in [-0.2, -0.15) is 0 Å². The van der Waals surface area contributed by atoms with Crippen LogP contribution in [-0.2, 0) is 4.74 Å². The van der Waals surface area contributed by atoms with Gasteiger partial charge >= 0.3 is 0 Å². The summed E-state index contributed by atoms with van der Waals surface area (Å²) < 4.78 is 5.59. The van der Waals surface area contributed by atoms with Gasteiger partial charge in [0.2, 0.25) is 0 Å². The number of morpholine rings is 1. The number of nitrogens with zero attached hydrogens (tertiary/aromatic N) is 2. The fourth-order valence-electron chi connectivity index (χ4n) is 2.73. The molecule has 3 rings (SSSR count). The van der Waals surface area contributed by atoms with Crippen molar-refractivity contribution in [1.82, 2.24) is 15.3 Å². The molecule has 1 aromatic heterocycles. The molecule has 0 radical (unpaired) electrons. The highest BCUT2D eigenvalue weighted by atomic mass is 16.5. The Bertz CT molecular complexity index is 527. The van der Waals surface area contributed by atoms with Crippen LogP contribution in [0.4, 0.5) is 5.82 Å². The number of anilines is 1. The van der Waals surface area contributed by atoms with Crippen molar-refractivity contribution in [2.24, 2.45) is 0 Å². The number of H-pyrrole nitrogens is 1. The molecule has 0 amide bonds. The van der Waals surface area contributed by atoms with Crippen molar-refractivity contribution in [3.05, 3.63) is 22.2 Å². The first-order chi connectivity index (χ1) is 10.3. The SMILES string of the molecule is CCCNCC1COCCN1c1cc(=O)[nH]c(C2CC2)n1. The van der Waals surface area contributed by atoms with Gasteiger partial charge < -0.3 is 19.9 Å². The summed E-state index contributed by atoms with van der Waals surface area (Å²) in [4.78, 5) is 21.7. The van der Waals surface area contributed by atoms with E-state index >= 15 is 0 Å². The second-order valence-electron chi connectivity index (χ2n) is 5.89. The van der Waals surface area contributed by atoms with Gasteiger partial charge in [-0.1, -0.05) is 6.92 Å². The van der Waals surface area contributed by atoms with E-state index < -0.39 is 0 Å². The van der Waals surface area contributed by atoms with Crippen molar-refractivity contribution < 1.29 is 4.74 Å². The summed E-state index contributed by atoms with van der Waals surface area (Å²) in [5, 5.41) is 3.43. The van der Waals surface area contributed by atoms with Gasteiger partial charge in [0.1, 0.15) is 11.6 Å². The molecule has 1 atom stereocenters. The minimum absolute atomic E-state index is 0.0475. The highest BCUT2D eigenvalue weighted by Gasteiger charge is 2.29. The van der Waals surface area contributed by atoms with Crippen molar-refractivity contribution in [1.29, 1.82) is 0 Å². The second kappa shape index (κ2) is 6.58. The number of hydrogen-bond donors (Lipinski definition) is 2. The molecule has 0 spiro atoms. The highest BCUT2D eigenvalue weighted by Crippen LogP contribution is 2.38. The number of hydrogen-bond acceptors (Lipinski definition) is 5. The van der Waals surface area contributed by atoms with Crippen LogP contribution in [0.5, 0.6) is 0 Å². The Labute approximate surface area is 124 Å². The summed E-state index contributed by atoms with van der Waals surface area (Å²) in [6, 6.07) is 1.86. The summed E-state index contributed by atoms with van der Waals surface area (Å²) in [6.07, 6.45) is 3.39. The van der Waals surface area contributed by atoms with E-state index in [1.165, 1.54) is 0 Å². The van der Waals surface area contributed by atoms with Gasteiger partial charge in [0.15, 0.2) is 0 Å². The van der Waals surface area contributed by atoms with Gasteiger partial charge in [0.05, 0.1) is 19.3 Å². The monoisotopic (exact) mass is 292 g/mol. The predicted octanol–water partition coefficient (Wildman–Crippen LogP) is 0.852. The Morgan fingerprint density at radius 1 is 1.52 bits per heavy atom. The number of aromatic amines is 1. The van der Waals surface area contributed by atoms with Gasteiger partial charge in [-0.15, -0.1) is 0 Å². The molecule has 2 N–H and O–H groups in total. The van der Waals surface area contributed by atoms with Gasteiger partial charge in [0, 0.05) is 25.1 Å². The van der Waals surface area contributed by atoms with Crippen molar-refractivity contribution in [3.8, 4) is 0 Å². The summed E-state index contributed by atoms with van der Waals surface area (Å²) in [5.41, 5.74) is -0.0475. The quantitative estimate of drug-likeness (QED) is 0.761. The first kappa shape index (κ1) is 14.5. The molecule has 0 bridgehead atoms. The van der Waals surface area contributed by atoms with Crippen LogP contribution in [0.1, 0.15) is 37.9 Å². The molecular weight excluding hydrogens is 268 g/mol. The van der Waals surface area contributed by atoms with Crippen LogP contribution in [0.15, 0.2) is 10.9 Å². The smallest absolute Gasteiger partial charge is 0.252 e. The Kier molecular flexibility index (Phi) is 4.55. The molecule has 21 heavy (non-hydrogen) atoms. The predicted molar refractivity (Wildman–Crippen MR) is 81.9 cm³/mol. The van der Waals surface area contributed by atoms with Crippen molar-refractivity contribution in [2.75, 3.05) is 37.7 Å². The number of nitrogens with one attached hydrogen (secondary N) is 2. The standard InChI is InChI=1S/C15H24N4O2/c1-2-5-16-9-12-10-21-7-6-19(12)13-8-14(20)18-15(17-13)11-3-4-11/h8,11-12,16H,2-7,9-10H2,1H3,(H,17,18,20). The average Bonchev–Trinajstić information content (AvgIpc) is 3.32. The zero-order valence-electron chi connectivity index (χ0n) is 12.6. The molecule has 116 valence electrons. The third kappa shape index (κ3) is 3.63. The summed E-state index contributed by atoms with van der Waals surface area (Å²) in [6.45, 7) is 6.18. The van der Waals surface area contributed by atoms with E-state index in [0.29, 0.717) is 19.1 Å². The van der Waals surface area contributed by atoms with Crippen LogP contribution in [0.25, 0.3) is 0 Å². The van der Waals surface area contributed by atoms with E-state index in [4.69, 9.17) is 4.74 Å². The molecule has 1 saturated carbocycles. The van der Waals surface area contributed by atoms with Crippen molar-refractivity contribution in [2.45, 2.75) is 38.1 Å². The Morgan fingerprint density at radius 2 is 2.38 bits per heavy atom. The molecule has 2 fully saturated rings. The van der Waals surface area contributed by atoms with Crippen molar-refractivity contribution >= 4 is 5.82 Å². The van der Waals surface area contributed by atoms with E-state index in [1.807, 2.05) is 0 Å². The van der Waals surface area contributed by atoms with Crippen LogP contribution < -0.4 is 15.8 Å². The van der Waals surface area contributed by atoms with Crippen LogP contribution >= 0.6 is 0 Å². The fourth-order valence-corrected chi connectivity index (χ4v) is 2.73. The van der Waals surface area contributed by atoms with E-state index in [0.717, 1.165) is 50.5 Å². The third-order valence-corrected chi connectivity index (χ3v) is 4.04. The van der Waals surface area contributed by atoms with E-state index in [-0.39, 0.29) is 11.6 Å². The Morgan fingerprint density at radius 3 is 3.14 bits per heavy atom. The van der Waals surface area contributed by atoms with E-state index in [9.17, 15) is 4.79 Å². The maximum atomic E-state index is 11.9. The third-order valence-electron chi connectivity index (χ3n) is 4.04. The minimum Gasteiger partial charge on any atom is -0.377 e. The highest BCUT2D eigenvalue weighted by molar-refractivity contribution is 5.40. The zero-order valence-corrected chi connectivity index (χ0v) is 12.6. The lowest BCUT2D eigenvalue weighted by atomic mass is 10.2. The van der Waals surface area contributed by atoms with Gasteiger partial charge in [0.25, 0.3) is 5.56 Å². The van der Waals surface area contributed by atoms with Gasteiger partial charge in [-0.05, 0) is 25.8 Å². The van der Waals surface area contributed by atoms with Crippen molar-refractivity contribution in [3.63, 3.8) is 0 Å². The van der Waals surface area contributed by atoms with Crippen LogP contribution in [0.2, 0.25) is 0 Å². The van der Waals surface area contributed by atoms with Gasteiger partial charge in [-0.25, -0.2) is 4.98 Å². The second-order valence-corrected chi connectivity index (χ2v) is 5.89. The first-order valence-electron chi connectivity index (χ1n) is 7.94. The van der Waals surface area contributed by atoms with Gasteiger partial charge in [-0.3, -0.25) is 4.79 Å². The topological polar surface area (TPSA) is 70.2 Å². The summed E-state index contributed by atoms with van der Waals surface area (Å²) >= 11 is 0. The minimum atomic E-state index is -0.0475.